The normalized spacial score (nSPS) is 10.8. The minimum atomic E-state index is -0.226. The summed E-state index contributed by atoms with van der Waals surface area (Å²) < 4.78 is 19.1. The summed E-state index contributed by atoms with van der Waals surface area (Å²) in [5.74, 6) is 0.634. The molecule has 0 spiro atoms. The zero-order chi connectivity index (χ0) is 14.5. The van der Waals surface area contributed by atoms with Gasteiger partial charge in [-0.2, -0.15) is 0 Å². The maximum absolute atomic E-state index is 13.1. The smallest absolute Gasteiger partial charge is 0.124 e. The predicted molar refractivity (Wildman–Crippen MR) is 82.3 cm³/mol. The lowest BCUT2D eigenvalue weighted by atomic mass is 10.1. The van der Waals surface area contributed by atoms with Crippen LogP contribution >= 0.6 is 15.9 Å². The van der Waals surface area contributed by atoms with Gasteiger partial charge in [0.05, 0.1) is 7.11 Å². The molecule has 0 aliphatic heterocycles. The maximum Gasteiger partial charge on any atom is 0.124 e. The molecule has 4 heteroatoms. The molecule has 0 amide bonds. The highest BCUT2D eigenvalue weighted by Gasteiger charge is 2.06. The van der Waals surface area contributed by atoms with Crippen molar-refractivity contribution in [2.45, 2.75) is 13.1 Å². The topological polar surface area (TPSA) is 12.5 Å². The van der Waals surface area contributed by atoms with E-state index in [1.807, 2.05) is 31.3 Å². The molecule has 20 heavy (non-hydrogen) atoms. The second kappa shape index (κ2) is 6.86. The number of hydrogen-bond acceptors (Lipinski definition) is 2. The molecule has 106 valence electrons. The molecule has 2 aromatic rings. The van der Waals surface area contributed by atoms with Crippen LogP contribution in [-0.4, -0.2) is 19.1 Å². The van der Waals surface area contributed by atoms with E-state index in [0.717, 1.165) is 28.9 Å². The zero-order valence-electron chi connectivity index (χ0n) is 11.6. The van der Waals surface area contributed by atoms with Gasteiger partial charge in [-0.15, -0.1) is 0 Å². The number of rotatable bonds is 5. The van der Waals surface area contributed by atoms with Crippen LogP contribution < -0.4 is 4.74 Å². The van der Waals surface area contributed by atoms with Crippen LogP contribution in [0, 0.1) is 5.82 Å². The minimum absolute atomic E-state index is 0.226. The van der Waals surface area contributed by atoms with Gasteiger partial charge in [0, 0.05) is 17.6 Å². The van der Waals surface area contributed by atoms with Gasteiger partial charge in [0.2, 0.25) is 0 Å². The second-order valence-electron chi connectivity index (χ2n) is 4.76. The van der Waals surface area contributed by atoms with Crippen LogP contribution in [0.2, 0.25) is 0 Å². The van der Waals surface area contributed by atoms with E-state index in [2.05, 4.69) is 26.9 Å². The molecule has 2 aromatic carbocycles. The molecule has 0 saturated heterocycles. The molecule has 0 bridgehead atoms. The first kappa shape index (κ1) is 15.0. The first-order valence-corrected chi connectivity index (χ1v) is 7.13. The van der Waals surface area contributed by atoms with Crippen molar-refractivity contribution >= 4 is 15.9 Å². The number of benzene rings is 2. The number of halogens is 2. The Morgan fingerprint density at radius 1 is 1.15 bits per heavy atom. The molecule has 0 aromatic heterocycles. The van der Waals surface area contributed by atoms with Crippen molar-refractivity contribution in [1.29, 1.82) is 0 Å². The van der Waals surface area contributed by atoms with Crippen molar-refractivity contribution < 1.29 is 9.13 Å². The van der Waals surface area contributed by atoms with Crippen LogP contribution in [0.15, 0.2) is 46.9 Å². The van der Waals surface area contributed by atoms with Crippen molar-refractivity contribution in [2.24, 2.45) is 0 Å². The average Bonchev–Trinajstić information content (AvgIpc) is 2.42. The SMILES string of the molecule is COc1cccc(CN(C)Cc2ccc(F)cc2Br)c1. The Bertz CT molecular complexity index is 588. The Morgan fingerprint density at radius 3 is 2.65 bits per heavy atom. The highest BCUT2D eigenvalue weighted by molar-refractivity contribution is 9.10. The molecule has 0 aliphatic carbocycles. The van der Waals surface area contributed by atoms with Crippen LogP contribution in [0.1, 0.15) is 11.1 Å². The van der Waals surface area contributed by atoms with Crippen molar-refractivity contribution in [3.8, 4) is 5.75 Å². The molecule has 2 rings (SSSR count). The fourth-order valence-corrected chi connectivity index (χ4v) is 2.56. The third-order valence-corrected chi connectivity index (χ3v) is 3.78. The van der Waals surface area contributed by atoms with E-state index in [4.69, 9.17) is 4.74 Å². The Balaban J connectivity index is 2.02. The third kappa shape index (κ3) is 4.05. The zero-order valence-corrected chi connectivity index (χ0v) is 13.2. The van der Waals surface area contributed by atoms with Crippen molar-refractivity contribution in [1.82, 2.24) is 4.90 Å². The van der Waals surface area contributed by atoms with Gasteiger partial charge in [0.15, 0.2) is 0 Å². The van der Waals surface area contributed by atoms with E-state index in [0.29, 0.717) is 0 Å². The quantitative estimate of drug-likeness (QED) is 0.809. The lowest BCUT2D eigenvalue weighted by Gasteiger charge is -2.18. The summed E-state index contributed by atoms with van der Waals surface area (Å²) in [6.45, 7) is 1.55. The lowest BCUT2D eigenvalue weighted by Crippen LogP contribution is -2.17. The van der Waals surface area contributed by atoms with E-state index < -0.39 is 0 Å². The maximum atomic E-state index is 13.1. The highest BCUT2D eigenvalue weighted by Crippen LogP contribution is 2.20. The van der Waals surface area contributed by atoms with E-state index in [-0.39, 0.29) is 5.82 Å². The van der Waals surface area contributed by atoms with Gasteiger partial charge in [-0.1, -0.05) is 34.1 Å². The monoisotopic (exact) mass is 337 g/mol. The molecular formula is C16H17BrFNO. The molecule has 0 atom stereocenters. The fraction of sp³-hybridized carbons (Fsp3) is 0.250. The molecule has 0 aliphatic rings. The van der Waals surface area contributed by atoms with Gasteiger partial charge in [0.25, 0.3) is 0 Å². The number of ether oxygens (including phenoxy) is 1. The van der Waals surface area contributed by atoms with Crippen LogP contribution in [-0.2, 0) is 13.1 Å². The Kier molecular flexibility index (Phi) is 5.15. The molecule has 0 saturated carbocycles. The standard InChI is InChI=1S/C16H17BrFNO/c1-19(10-12-4-3-5-15(8-12)20-2)11-13-6-7-14(18)9-16(13)17/h3-9H,10-11H2,1-2H3. The first-order valence-electron chi connectivity index (χ1n) is 6.34. The highest BCUT2D eigenvalue weighted by atomic mass is 79.9. The Morgan fingerprint density at radius 2 is 1.95 bits per heavy atom. The Hall–Kier alpha value is -1.39. The summed E-state index contributed by atoms with van der Waals surface area (Å²) in [6.07, 6.45) is 0. The van der Waals surface area contributed by atoms with Crippen LogP contribution in [0.4, 0.5) is 4.39 Å². The predicted octanol–water partition coefficient (Wildman–Crippen LogP) is 4.23. The number of nitrogens with zero attached hydrogens (tertiary/aromatic N) is 1. The third-order valence-electron chi connectivity index (χ3n) is 3.04. The summed E-state index contributed by atoms with van der Waals surface area (Å²) in [5, 5.41) is 0. The average molecular weight is 338 g/mol. The van der Waals surface area contributed by atoms with Gasteiger partial charge in [0.1, 0.15) is 11.6 Å². The summed E-state index contributed by atoms with van der Waals surface area (Å²) in [4.78, 5) is 2.17. The minimum Gasteiger partial charge on any atom is -0.497 e. The molecule has 0 radical (unpaired) electrons. The summed E-state index contributed by atoms with van der Waals surface area (Å²) in [7, 11) is 3.70. The van der Waals surface area contributed by atoms with Crippen LogP contribution in [0.3, 0.4) is 0 Å². The van der Waals surface area contributed by atoms with Gasteiger partial charge in [-0.25, -0.2) is 4.39 Å². The van der Waals surface area contributed by atoms with Gasteiger partial charge >= 0.3 is 0 Å². The van der Waals surface area contributed by atoms with Crippen molar-refractivity contribution in [3.63, 3.8) is 0 Å². The molecule has 0 heterocycles. The first-order chi connectivity index (χ1) is 9.58. The van der Waals surface area contributed by atoms with Gasteiger partial charge < -0.3 is 4.74 Å². The van der Waals surface area contributed by atoms with Gasteiger partial charge in [-0.3, -0.25) is 4.90 Å². The molecule has 2 nitrogen and oxygen atoms in total. The lowest BCUT2D eigenvalue weighted by molar-refractivity contribution is 0.317. The molecule has 0 fully saturated rings. The number of hydrogen-bond donors (Lipinski definition) is 0. The Labute approximate surface area is 127 Å². The summed E-state index contributed by atoms with van der Waals surface area (Å²) >= 11 is 3.40. The van der Waals surface area contributed by atoms with Crippen molar-refractivity contribution in [3.05, 3.63) is 63.9 Å². The summed E-state index contributed by atoms with van der Waals surface area (Å²) in [6, 6.07) is 12.8. The van der Waals surface area contributed by atoms with E-state index >= 15 is 0 Å². The van der Waals surface area contributed by atoms with Crippen LogP contribution in [0.5, 0.6) is 5.75 Å². The van der Waals surface area contributed by atoms with E-state index in [1.165, 1.54) is 17.7 Å². The molecular weight excluding hydrogens is 321 g/mol. The van der Waals surface area contributed by atoms with Gasteiger partial charge in [-0.05, 0) is 42.4 Å². The van der Waals surface area contributed by atoms with Crippen molar-refractivity contribution in [2.75, 3.05) is 14.2 Å². The molecule has 0 unspecified atom stereocenters. The fourth-order valence-electron chi connectivity index (χ4n) is 2.08. The summed E-state index contributed by atoms with van der Waals surface area (Å²) in [5.41, 5.74) is 2.25. The van der Waals surface area contributed by atoms with E-state index in [9.17, 15) is 4.39 Å². The van der Waals surface area contributed by atoms with Crippen LogP contribution in [0.25, 0.3) is 0 Å². The second-order valence-corrected chi connectivity index (χ2v) is 5.61. The largest absolute Gasteiger partial charge is 0.497 e. The number of methoxy groups -OCH3 is 1. The molecule has 0 N–H and O–H groups in total. The van der Waals surface area contributed by atoms with E-state index in [1.54, 1.807) is 7.11 Å².